The van der Waals surface area contributed by atoms with E-state index in [1.165, 1.54) is 0 Å². The van der Waals surface area contributed by atoms with Crippen molar-refractivity contribution in [3.63, 3.8) is 0 Å². The Kier molecular flexibility index (Phi) is 5.60. The molecule has 1 fully saturated rings. The molecule has 0 aromatic carbocycles. The minimum atomic E-state index is -0.250. The van der Waals surface area contributed by atoms with Crippen LogP contribution in [0, 0.1) is 16.7 Å². The summed E-state index contributed by atoms with van der Waals surface area (Å²) in [4.78, 5) is 2.35. The maximum absolute atomic E-state index is 8.86. The molecule has 1 unspecified atom stereocenters. The molecule has 92 valence electrons. The van der Waals surface area contributed by atoms with E-state index in [4.69, 9.17) is 10.00 Å². The molecule has 0 saturated carbocycles. The van der Waals surface area contributed by atoms with Crippen LogP contribution in [0.2, 0.25) is 0 Å². The molecule has 3 nitrogen and oxygen atoms in total. The Balaban J connectivity index is 2.55. The van der Waals surface area contributed by atoms with Crippen LogP contribution in [-0.2, 0) is 4.74 Å². The molecule has 1 aliphatic rings. The number of hydrogen-bond acceptors (Lipinski definition) is 4. The first-order valence-corrected chi connectivity index (χ1v) is 6.67. The van der Waals surface area contributed by atoms with E-state index >= 15 is 0 Å². The van der Waals surface area contributed by atoms with Crippen molar-refractivity contribution in [1.82, 2.24) is 4.90 Å². The maximum atomic E-state index is 8.86. The lowest BCUT2D eigenvalue weighted by Gasteiger charge is -2.38. The fraction of sp³-hybridized carbons (Fsp3) is 0.917. The van der Waals surface area contributed by atoms with Gasteiger partial charge in [-0.3, -0.25) is 4.90 Å². The largest absolute Gasteiger partial charge is 0.361 e. The van der Waals surface area contributed by atoms with Crippen molar-refractivity contribution in [3.8, 4) is 6.07 Å². The van der Waals surface area contributed by atoms with Gasteiger partial charge >= 0.3 is 0 Å². The van der Waals surface area contributed by atoms with E-state index in [0.29, 0.717) is 12.0 Å². The molecule has 1 aliphatic heterocycles. The van der Waals surface area contributed by atoms with Gasteiger partial charge in [-0.05, 0) is 24.0 Å². The summed E-state index contributed by atoms with van der Waals surface area (Å²) in [5.74, 6) is 0.911. The van der Waals surface area contributed by atoms with Gasteiger partial charge in [-0.15, -0.1) is 0 Å². The highest BCUT2D eigenvalue weighted by atomic mass is 32.1. The van der Waals surface area contributed by atoms with E-state index in [1.807, 2.05) is 0 Å². The van der Waals surface area contributed by atoms with E-state index in [-0.39, 0.29) is 6.10 Å². The Morgan fingerprint density at radius 3 is 2.69 bits per heavy atom. The van der Waals surface area contributed by atoms with Gasteiger partial charge in [-0.1, -0.05) is 13.8 Å². The minimum absolute atomic E-state index is 0.250. The van der Waals surface area contributed by atoms with Crippen molar-refractivity contribution in [2.45, 2.75) is 32.8 Å². The van der Waals surface area contributed by atoms with Gasteiger partial charge in [0.1, 0.15) is 0 Å². The van der Waals surface area contributed by atoms with E-state index in [0.717, 1.165) is 38.2 Å². The predicted octanol–water partition coefficient (Wildman–Crippen LogP) is 1.95. The molecule has 0 aliphatic carbocycles. The third-order valence-corrected chi connectivity index (χ3v) is 4.36. The molecule has 0 bridgehead atoms. The normalized spacial score (nSPS) is 23.0. The summed E-state index contributed by atoms with van der Waals surface area (Å²) >= 11 is 4.48. The van der Waals surface area contributed by atoms with Crippen molar-refractivity contribution in [1.29, 1.82) is 5.26 Å². The quantitative estimate of drug-likeness (QED) is 0.749. The zero-order valence-electron chi connectivity index (χ0n) is 10.3. The number of nitriles is 1. The molecule has 0 aromatic heterocycles. The second-order valence-electron chi connectivity index (χ2n) is 4.59. The van der Waals surface area contributed by atoms with Gasteiger partial charge in [0, 0.05) is 19.6 Å². The lowest BCUT2D eigenvalue weighted by atomic mass is 9.83. The van der Waals surface area contributed by atoms with Crippen LogP contribution in [0.3, 0.4) is 0 Å². The molecule has 1 atom stereocenters. The molecule has 4 heteroatoms. The number of thiol groups is 1. The number of hydrogen-bond donors (Lipinski definition) is 1. The third kappa shape index (κ3) is 3.38. The molecule has 0 radical (unpaired) electrons. The lowest BCUT2D eigenvalue weighted by Crippen LogP contribution is -2.47. The Bertz CT molecular complexity index is 240. The lowest BCUT2D eigenvalue weighted by molar-refractivity contribution is -0.0143. The van der Waals surface area contributed by atoms with Crippen molar-refractivity contribution in [2.75, 3.05) is 32.0 Å². The van der Waals surface area contributed by atoms with Gasteiger partial charge in [0.15, 0.2) is 6.10 Å². The fourth-order valence-electron chi connectivity index (χ4n) is 2.15. The second kappa shape index (κ2) is 6.48. The van der Waals surface area contributed by atoms with Crippen LogP contribution in [0.1, 0.15) is 26.7 Å². The number of nitrogens with zero attached hydrogens (tertiary/aromatic N) is 2. The Morgan fingerprint density at radius 2 is 2.19 bits per heavy atom. The summed E-state index contributed by atoms with van der Waals surface area (Å²) < 4.78 is 5.35. The van der Waals surface area contributed by atoms with Crippen molar-refractivity contribution in [2.24, 2.45) is 5.41 Å². The maximum Gasteiger partial charge on any atom is 0.156 e. The molecule has 0 aromatic rings. The third-order valence-electron chi connectivity index (χ3n) is 3.69. The average molecular weight is 242 g/mol. The second-order valence-corrected chi connectivity index (χ2v) is 4.91. The molecule has 1 saturated heterocycles. The van der Waals surface area contributed by atoms with Crippen LogP contribution in [0.4, 0.5) is 0 Å². The first-order chi connectivity index (χ1) is 7.69. The topological polar surface area (TPSA) is 36.3 Å². The standard InChI is InChI=1S/C12H22N2OS/c1-3-12(4-2,10-16)9-14-5-6-15-11(7-13)8-14/h11,16H,3-6,8-10H2,1-2H3. The summed E-state index contributed by atoms with van der Waals surface area (Å²) in [6, 6.07) is 2.19. The van der Waals surface area contributed by atoms with Crippen LogP contribution in [0.5, 0.6) is 0 Å². The Hall–Kier alpha value is -0.240. The first-order valence-electron chi connectivity index (χ1n) is 6.04. The number of ether oxygens (including phenoxy) is 1. The molecule has 1 heterocycles. The van der Waals surface area contributed by atoms with Gasteiger partial charge in [-0.25, -0.2) is 0 Å². The van der Waals surface area contributed by atoms with Crippen molar-refractivity contribution in [3.05, 3.63) is 0 Å². The number of morpholine rings is 1. The predicted molar refractivity (Wildman–Crippen MR) is 68.7 cm³/mol. The molecule has 0 N–H and O–H groups in total. The van der Waals surface area contributed by atoms with Gasteiger partial charge in [-0.2, -0.15) is 17.9 Å². The zero-order chi connectivity index (χ0) is 12.0. The van der Waals surface area contributed by atoms with Crippen molar-refractivity contribution < 1.29 is 4.74 Å². The molecule has 0 amide bonds. The summed E-state index contributed by atoms with van der Waals surface area (Å²) in [5, 5.41) is 8.86. The van der Waals surface area contributed by atoms with Gasteiger partial charge in [0.25, 0.3) is 0 Å². The molecule has 16 heavy (non-hydrogen) atoms. The van der Waals surface area contributed by atoms with Gasteiger partial charge in [0.05, 0.1) is 12.7 Å². The van der Waals surface area contributed by atoms with E-state index < -0.39 is 0 Å². The van der Waals surface area contributed by atoms with Crippen LogP contribution < -0.4 is 0 Å². The molecular formula is C12H22N2OS. The van der Waals surface area contributed by atoms with E-state index in [9.17, 15) is 0 Å². The van der Waals surface area contributed by atoms with E-state index in [1.54, 1.807) is 0 Å². The SMILES string of the molecule is CCC(CC)(CS)CN1CCOC(C#N)C1. The van der Waals surface area contributed by atoms with Gasteiger partial charge in [0.2, 0.25) is 0 Å². The highest BCUT2D eigenvalue weighted by Crippen LogP contribution is 2.29. The highest BCUT2D eigenvalue weighted by molar-refractivity contribution is 7.80. The minimum Gasteiger partial charge on any atom is -0.361 e. The van der Waals surface area contributed by atoms with Crippen LogP contribution in [0.15, 0.2) is 0 Å². The van der Waals surface area contributed by atoms with Gasteiger partial charge < -0.3 is 4.74 Å². The van der Waals surface area contributed by atoms with E-state index in [2.05, 4.69) is 37.4 Å². The summed E-state index contributed by atoms with van der Waals surface area (Å²) in [7, 11) is 0. The monoisotopic (exact) mass is 242 g/mol. The summed E-state index contributed by atoms with van der Waals surface area (Å²) in [6.45, 7) is 7.84. The van der Waals surface area contributed by atoms with Crippen LogP contribution in [-0.4, -0.2) is 43.0 Å². The Morgan fingerprint density at radius 1 is 1.50 bits per heavy atom. The fourth-order valence-corrected chi connectivity index (χ4v) is 2.69. The molecule has 1 rings (SSSR count). The smallest absolute Gasteiger partial charge is 0.156 e. The van der Waals surface area contributed by atoms with Crippen LogP contribution >= 0.6 is 12.6 Å². The number of rotatable bonds is 5. The summed E-state index contributed by atoms with van der Waals surface area (Å²) in [6.07, 6.45) is 2.03. The first kappa shape index (κ1) is 13.8. The average Bonchev–Trinajstić information content (AvgIpc) is 2.36. The van der Waals surface area contributed by atoms with Crippen LogP contribution in [0.25, 0.3) is 0 Å². The Labute approximate surface area is 104 Å². The molecule has 0 spiro atoms. The highest BCUT2D eigenvalue weighted by Gasteiger charge is 2.30. The zero-order valence-corrected chi connectivity index (χ0v) is 11.2. The summed E-state index contributed by atoms with van der Waals surface area (Å²) in [5.41, 5.74) is 0.292. The van der Waals surface area contributed by atoms with Crippen molar-refractivity contribution >= 4 is 12.6 Å². The molecular weight excluding hydrogens is 220 g/mol.